The average molecular weight is 254 g/mol. The molecule has 1 atom stereocenters. The lowest BCUT2D eigenvalue weighted by molar-refractivity contribution is 0.570. The SMILES string of the molecule is Cc1cccc(CCC(CCN)c2ccccn2)c1. The predicted octanol–water partition coefficient (Wildman–Crippen LogP) is 3.46. The highest BCUT2D eigenvalue weighted by Gasteiger charge is 2.11. The number of hydrogen-bond donors (Lipinski definition) is 1. The van der Waals surface area contributed by atoms with Crippen LogP contribution in [0.25, 0.3) is 0 Å². The molecule has 100 valence electrons. The highest BCUT2D eigenvalue weighted by Crippen LogP contribution is 2.23. The van der Waals surface area contributed by atoms with E-state index in [0.29, 0.717) is 5.92 Å². The zero-order valence-electron chi connectivity index (χ0n) is 11.5. The van der Waals surface area contributed by atoms with Gasteiger partial charge in [0, 0.05) is 17.8 Å². The lowest BCUT2D eigenvalue weighted by Gasteiger charge is -2.15. The summed E-state index contributed by atoms with van der Waals surface area (Å²) in [6.45, 7) is 2.86. The first-order valence-corrected chi connectivity index (χ1v) is 6.96. The summed E-state index contributed by atoms with van der Waals surface area (Å²) < 4.78 is 0. The van der Waals surface area contributed by atoms with Crippen molar-refractivity contribution in [1.29, 1.82) is 0 Å². The Kier molecular flexibility index (Phi) is 5.10. The maximum absolute atomic E-state index is 5.73. The number of pyridine rings is 1. The van der Waals surface area contributed by atoms with Gasteiger partial charge in [0.05, 0.1) is 0 Å². The van der Waals surface area contributed by atoms with Gasteiger partial charge in [-0.2, -0.15) is 0 Å². The largest absolute Gasteiger partial charge is 0.330 e. The molecule has 0 aliphatic heterocycles. The summed E-state index contributed by atoms with van der Waals surface area (Å²) in [4.78, 5) is 4.47. The lowest BCUT2D eigenvalue weighted by Crippen LogP contribution is -2.09. The molecule has 1 aromatic heterocycles. The van der Waals surface area contributed by atoms with Crippen molar-refractivity contribution in [2.45, 2.75) is 32.1 Å². The number of nitrogens with two attached hydrogens (primary N) is 1. The van der Waals surface area contributed by atoms with Gasteiger partial charge >= 0.3 is 0 Å². The van der Waals surface area contributed by atoms with Crippen LogP contribution in [-0.2, 0) is 6.42 Å². The second-order valence-corrected chi connectivity index (χ2v) is 5.06. The molecule has 1 aromatic carbocycles. The van der Waals surface area contributed by atoms with Gasteiger partial charge in [-0.25, -0.2) is 0 Å². The van der Waals surface area contributed by atoms with Crippen LogP contribution in [0.4, 0.5) is 0 Å². The normalized spacial score (nSPS) is 12.3. The van der Waals surface area contributed by atoms with Gasteiger partial charge in [-0.1, -0.05) is 35.9 Å². The van der Waals surface area contributed by atoms with Crippen molar-refractivity contribution >= 4 is 0 Å². The summed E-state index contributed by atoms with van der Waals surface area (Å²) in [5.74, 6) is 0.465. The number of aryl methyl sites for hydroxylation is 2. The average Bonchev–Trinajstić information content (AvgIpc) is 2.44. The third-order valence-corrected chi connectivity index (χ3v) is 3.49. The van der Waals surface area contributed by atoms with Crippen LogP contribution in [0.15, 0.2) is 48.7 Å². The third kappa shape index (κ3) is 4.18. The number of nitrogens with zero attached hydrogens (tertiary/aromatic N) is 1. The van der Waals surface area contributed by atoms with E-state index < -0.39 is 0 Å². The van der Waals surface area contributed by atoms with Crippen molar-refractivity contribution in [3.05, 3.63) is 65.5 Å². The van der Waals surface area contributed by atoms with E-state index in [1.54, 1.807) is 0 Å². The summed E-state index contributed by atoms with van der Waals surface area (Å²) in [6.07, 6.45) is 5.06. The Labute approximate surface area is 115 Å². The van der Waals surface area contributed by atoms with Crippen LogP contribution in [0.2, 0.25) is 0 Å². The van der Waals surface area contributed by atoms with E-state index in [9.17, 15) is 0 Å². The van der Waals surface area contributed by atoms with E-state index in [2.05, 4.69) is 48.3 Å². The van der Waals surface area contributed by atoms with Gasteiger partial charge in [0.1, 0.15) is 0 Å². The van der Waals surface area contributed by atoms with Crippen LogP contribution in [0.1, 0.15) is 35.6 Å². The molecular weight excluding hydrogens is 232 g/mol. The van der Waals surface area contributed by atoms with Crippen molar-refractivity contribution in [1.82, 2.24) is 4.98 Å². The molecule has 2 rings (SSSR count). The molecule has 2 heteroatoms. The Balaban J connectivity index is 2.01. The van der Waals surface area contributed by atoms with Gasteiger partial charge in [-0.05, 0) is 50.4 Å². The van der Waals surface area contributed by atoms with Gasteiger partial charge < -0.3 is 5.73 Å². The second kappa shape index (κ2) is 7.05. The van der Waals surface area contributed by atoms with E-state index >= 15 is 0 Å². The Bertz CT molecular complexity index is 494. The smallest absolute Gasteiger partial charge is 0.0435 e. The molecule has 0 saturated heterocycles. The number of rotatable bonds is 6. The molecule has 19 heavy (non-hydrogen) atoms. The summed E-state index contributed by atoms with van der Waals surface area (Å²) in [5.41, 5.74) is 9.62. The quantitative estimate of drug-likeness (QED) is 0.857. The van der Waals surface area contributed by atoms with Crippen molar-refractivity contribution in [3.63, 3.8) is 0 Å². The molecule has 0 fully saturated rings. The molecular formula is C17H22N2. The fourth-order valence-corrected chi connectivity index (χ4v) is 2.47. The minimum absolute atomic E-state index is 0.465. The zero-order chi connectivity index (χ0) is 13.5. The number of benzene rings is 1. The number of aromatic nitrogens is 1. The monoisotopic (exact) mass is 254 g/mol. The first-order chi connectivity index (χ1) is 9.29. The molecule has 2 N–H and O–H groups in total. The van der Waals surface area contributed by atoms with E-state index in [0.717, 1.165) is 25.8 Å². The van der Waals surface area contributed by atoms with Gasteiger partial charge in [0.2, 0.25) is 0 Å². The van der Waals surface area contributed by atoms with Crippen LogP contribution in [0.5, 0.6) is 0 Å². The van der Waals surface area contributed by atoms with Crippen LogP contribution in [0, 0.1) is 6.92 Å². The first-order valence-electron chi connectivity index (χ1n) is 6.96. The van der Waals surface area contributed by atoms with Gasteiger partial charge in [-0.3, -0.25) is 4.98 Å². The van der Waals surface area contributed by atoms with Crippen LogP contribution in [0.3, 0.4) is 0 Å². The Morgan fingerprint density at radius 3 is 2.68 bits per heavy atom. The molecule has 0 amide bonds. The van der Waals surface area contributed by atoms with Gasteiger partial charge in [0.15, 0.2) is 0 Å². The van der Waals surface area contributed by atoms with E-state index in [1.807, 2.05) is 12.3 Å². The topological polar surface area (TPSA) is 38.9 Å². The molecule has 0 radical (unpaired) electrons. The van der Waals surface area contributed by atoms with Crippen molar-refractivity contribution in [2.24, 2.45) is 5.73 Å². The minimum atomic E-state index is 0.465. The molecule has 1 heterocycles. The number of hydrogen-bond acceptors (Lipinski definition) is 2. The molecule has 1 unspecified atom stereocenters. The van der Waals surface area contributed by atoms with Crippen LogP contribution in [-0.4, -0.2) is 11.5 Å². The highest BCUT2D eigenvalue weighted by atomic mass is 14.7. The molecule has 0 saturated carbocycles. The van der Waals surface area contributed by atoms with Crippen LogP contribution < -0.4 is 5.73 Å². The fourth-order valence-electron chi connectivity index (χ4n) is 2.47. The van der Waals surface area contributed by atoms with Gasteiger partial charge in [0.25, 0.3) is 0 Å². The second-order valence-electron chi connectivity index (χ2n) is 5.06. The molecule has 0 aliphatic carbocycles. The Morgan fingerprint density at radius 1 is 1.11 bits per heavy atom. The van der Waals surface area contributed by atoms with Gasteiger partial charge in [-0.15, -0.1) is 0 Å². The minimum Gasteiger partial charge on any atom is -0.330 e. The first kappa shape index (κ1) is 13.8. The van der Waals surface area contributed by atoms with E-state index in [-0.39, 0.29) is 0 Å². The van der Waals surface area contributed by atoms with Crippen molar-refractivity contribution in [3.8, 4) is 0 Å². The fraction of sp³-hybridized carbons (Fsp3) is 0.353. The third-order valence-electron chi connectivity index (χ3n) is 3.49. The molecule has 0 aliphatic rings. The van der Waals surface area contributed by atoms with E-state index in [1.165, 1.54) is 16.8 Å². The lowest BCUT2D eigenvalue weighted by atomic mass is 9.92. The molecule has 0 spiro atoms. The molecule has 0 bridgehead atoms. The summed E-state index contributed by atoms with van der Waals surface area (Å²) in [6, 6.07) is 14.9. The standard InChI is InChI=1S/C17H22N2/c1-14-5-4-6-15(13-14)8-9-16(10-11-18)17-7-2-3-12-19-17/h2-7,12-13,16H,8-11,18H2,1H3. The maximum atomic E-state index is 5.73. The van der Waals surface area contributed by atoms with Crippen LogP contribution >= 0.6 is 0 Å². The predicted molar refractivity (Wildman–Crippen MR) is 80.1 cm³/mol. The Hall–Kier alpha value is -1.67. The van der Waals surface area contributed by atoms with Crippen molar-refractivity contribution in [2.75, 3.05) is 6.54 Å². The maximum Gasteiger partial charge on any atom is 0.0435 e. The van der Waals surface area contributed by atoms with Crippen molar-refractivity contribution < 1.29 is 0 Å². The summed E-state index contributed by atoms with van der Waals surface area (Å²) >= 11 is 0. The summed E-state index contributed by atoms with van der Waals surface area (Å²) in [7, 11) is 0. The Morgan fingerprint density at radius 2 is 2.00 bits per heavy atom. The molecule has 2 aromatic rings. The zero-order valence-corrected chi connectivity index (χ0v) is 11.5. The molecule has 2 nitrogen and oxygen atoms in total. The summed E-state index contributed by atoms with van der Waals surface area (Å²) in [5, 5.41) is 0. The highest BCUT2D eigenvalue weighted by molar-refractivity contribution is 5.22. The van der Waals surface area contributed by atoms with E-state index in [4.69, 9.17) is 5.73 Å².